The fourth-order valence-corrected chi connectivity index (χ4v) is 11.0. The van der Waals surface area contributed by atoms with E-state index in [9.17, 15) is 28.8 Å². The molecule has 0 bridgehead atoms. The molecule has 17 heteroatoms. The largest absolute Gasteiger partial charge is 0.355 e. The summed E-state index contributed by atoms with van der Waals surface area (Å²) in [7, 11) is 0. The molecule has 4 saturated heterocycles. The number of anilines is 1. The summed E-state index contributed by atoms with van der Waals surface area (Å²) in [6.45, 7) is 7.43. The maximum Gasteiger partial charge on any atom is 0.274 e. The molecule has 8 rings (SSSR count). The molecule has 1 atom stereocenters. The second-order valence-electron chi connectivity index (χ2n) is 18.0. The summed E-state index contributed by atoms with van der Waals surface area (Å²) in [6, 6.07) is 13.0. The molecular weight excluding hydrogens is 857 g/mol. The number of carbonyl (C=O) groups is 6. The van der Waals surface area contributed by atoms with Gasteiger partial charge in [-0.2, -0.15) is 0 Å². The van der Waals surface area contributed by atoms with Gasteiger partial charge in [0.25, 0.3) is 11.8 Å². The van der Waals surface area contributed by atoms with Gasteiger partial charge in [-0.1, -0.05) is 25.0 Å². The van der Waals surface area contributed by atoms with E-state index >= 15 is 0 Å². The number of imide groups is 1. The minimum atomic E-state index is -0.627. The van der Waals surface area contributed by atoms with Crippen molar-refractivity contribution in [1.29, 1.82) is 0 Å². The summed E-state index contributed by atoms with van der Waals surface area (Å²) in [5, 5.41) is 14.2. The molecule has 0 spiro atoms. The predicted molar refractivity (Wildman–Crippen MR) is 251 cm³/mol. The van der Waals surface area contributed by atoms with Crippen LogP contribution in [0.15, 0.2) is 65.8 Å². The van der Waals surface area contributed by atoms with Crippen LogP contribution in [-0.2, 0) is 25.7 Å². The molecule has 0 aliphatic carbocycles. The van der Waals surface area contributed by atoms with E-state index in [2.05, 4.69) is 35.6 Å². The highest BCUT2D eigenvalue weighted by Gasteiger charge is 2.40. The van der Waals surface area contributed by atoms with Gasteiger partial charge in [-0.3, -0.25) is 44.0 Å². The Labute approximate surface area is 391 Å². The third-order valence-corrected chi connectivity index (χ3v) is 15.0. The summed E-state index contributed by atoms with van der Waals surface area (Å²) >= 11 is 1.69. The van der Waals surface area contributed by atoms with Gasteiger partial charge in [-0.25, -0.2) is 0 Å². The van der Waals surface area contributed by atoms with Crippen LogP contribution >= 0.6 is 11.8 Å². The van der Waals surface area contributed by atoms with Gasteiger partial charge in [0.15, 0.2) is 11.5 Å². The molecule has 4 fully saturated rings. The van der Waals surface area contributed by atoms with E-state index in [4.69, 9.17) is 0 Å². The lowest BCUT2D eigenvalue weighted by Gasteiger charge is -2.43. The van der Waals surface area contributed by atoms with Gasteiger partial charge in [-0.15, -0.1) is 22.0 Å². The SMILES string of the molecule is O=C(/C=C/c1cccnc1)NCCCCC1CCN(C(=O)c2ccc(N3CCC(N4CCN(C(=O)CCCCSc5cccc6c5CN(C5CCC(=O)NC5=O)C6=O)CC4)CC3)nn2)CC1. The van der Waals surface area contributed by atoms with Gasteiger partial charge in [-0.05, 0) is 111 Å². The number of pyridine rings is 1. The van der Waals surface area contributed by atoms with E-state index < -0.39 is 11.9 Å². The van der Waals surface area contributed by atoms with Crippen LogP contribution in [0.2, 0.25) is 0 Å². The van der Waals surface area contributed by atoms with Crippen molar-refractivity contribution in [2.45, 2.75) is 101 Å². The molecule has 66 heavy (non-hydrogen) atoms. The number of aromatic nitrogens is 3. The zero-order chi connectivity index (χ0) is 45.8. The lowest BCUT2D eigenvalue weighted by Crippen LogP contribution is -2.54. The highest BCUT2D eigenvalue weighted by atomic mass is 32.2. The van der Waals surface area contributed by atoms with Gasteiger partial charge in [0.05, 0.1) is 0 Å². The van der Waals surface area contributed by atoms with Crippen molar-refractivity contribution in [3.05, 3.63) is 83.3 Å². The van der Waals surface area contributed by atoms with Crippen molar-refractivity contribution < 1.29 is 28.8 Å². The van der Waals surface area contributed by atoms with E-state index in [1.54, 1.807) is 41.2 Å². The zero-order valence-electron chi connectivity index (χ0n) is 37.8. The minimum absolute atomic E-state index is 0.0572. The maximum absolute atomic E-state index is 13.3. The Kier molecular flexibility index (Phi) is 16.1. The standard InChI is InChI=1S/C49H62N10O6S/c60-44(16-12-36-8-6-22-50-33-36)51-23-3-1-7-35-18-24-58(25-19-35)49(65)40-13-15-43(54-53-40)56-26-20-37(21-27-56)55-28-30-57(31-29-55)46(62)11-2-4-32-66-42-10-5-9-38-39(42)34-59(48(38)64)41-14-17-45(61)52-47(41)63/h5-6,8-10,12-13,15-16,22,33,35,37,41H,1-4,7,11,14,17-21,23-32,34H2,(H,51,60)(H,52,61,63)/b16-12+. The van der Waals surface area contributed by atoms with Gasteiger partial charge in [0.2, 0.25) is 23.6 Å². The fourth-order valence-electron chi connectivity index (χ4n) is 9.88. The number of hydrogen-bond acceptors (Lipinski definition) is 12. The molecular formula is C49H62N10O6S. The second-order valence-corrected chi connectivity index (χ2v) is 19.2. The molecule has 7 heterocycles. The predicted octanol–water partition coefficient (Wildman–Crippen LogP) is 4.56. The van der Waals surface area contributed by atoms with Crippen molar-refractivity contribution in [2.24, 2.45) is 5.92 Å². The number of unbranched alkanes of at least 4 members (excludes halogenated alkanes) is 2. The molecule has 0 saturated carbocycles. The smallest absolute Gasteiger partial charge is 0.274 e. The first-order valence-corrected chi connectivity index (χ1v) is 24.8. The lowest BCUT2D eigenvalue weighted by molar-refractivity contribution is -0.137. The molecule has 0 radical (unpaired) electrons. The van der Waals surface area contributed by atoms with E-state index in [1.165, 1.54) is 0 Å². The van der Waals surface area contributed by atoms with Gasteiger partial charge in [0.1, 0.15) is 6.04 Å². The Hall–Kier alpha value is -5.68. The second kappa shape index (κ2) is 22.7. The number of likely N-dealkylation sites (tertiary alicyclic amines) is 1. The van der Waals surface area contributed by atoms with Crippen LogP contribution in [0.3, 0.4) is 0 Å². The highest BCUT2D eigenvalue weighted by molar-refractivity contribution is 7.99. The summed E-state index contributed by atoms with van der Waals surface area (Å²) in [4.78, 5) is 91.2. The molecule has 1 aromatic carbocycles. The van der Waals surface area contributed by atoms with E-state index in [1.807, 2.05) is 52.3 Å². The highest BCUT2D eigenvalue weighted by Crippen LogP contribution is 2.35. The van der Waals surface area contributed by atoms with Crippen molar-refractivity contribution >= 4 is 59.1 Å². The minimum Gasteiger partial charge on any atom is -0.355 e. The Balaban J connectivity index is 0.671. The molecule has 350 valence electrons. The van der Waals surface area contributed by atoms with Gasteiger partial charge >= 0.3 is 0 Å². The monoisotopic (exact) mass is 918 g/mol. The average molecular weight is 919 g/mol. The molecule has 3 aromatic rings. The van der Waals surface area contributed by atoms with Crippen molar-refractivity contribution in [3.8, 4) is 0 Å². The summed E-state index contributed by atoms with van der Waals surface area (Å²) < 4.78 is 0. The number of thioether (sulfide) groups is 1. The van der Waals surface area contributed by atoms with E-state index in [0.29, 0.717) is 49.1 Å². The molecule has 5 aliphatic heterocycles. The first-order valence-electron chi connectivity index (χ1n) is 23.8. The third-order valence-electron chi connectivity index (χ3n) is 13.8. The number of fused-ring (bicyclic) bond motifs is 1. The number of carbonyl (C=O) groups excluding carboxylic acids is 6. The first-order chi connectivity index (χ1) is 32.2. The maximum atomic E-state index is 13.3. The van der Waals surface area contributed by atoms with E-state index in [0.717, 1.165) is 138 Å². The Morgan fingerprint density at radius 3 is 2.38 bits per heavy atom. The zero-order valence-corrected chi connectivity index (χ0v) is 38.6. The number of rotatable bonds is 17. The molecule has 6 amide bonds. The molecule has 5 aliphatic rings. The quantitative estimate of drug-likeness (QED) is 0.0836. The number of piperidine rings is 3. The number of hydrogen-bond donors (Lipinski definition) is 2. The van der Waals surface area contributed by atoms with Crippen LogP contribution in [0.25, 0.3) is 6.08 Å². The fraction of sp³-hybridized carbons (Fsp3) is 0.531. The number of amides is 6. The Bertz CT molecular complexity index is 2220. The Morgan fingerprint density at radius 1 is 0.818 bits per heavy atom. The Morgan fingerprint density at radius 2 is 1.64 bits per heavy atom. The summed E-state index contributed by atoms with van der Waals surface area (Å²) in [5.41, 5.74) is 2.84. The summed E-state index contributed by atoms with van der Waals surface area (Å²) in [6.07, 6.45) is 16.5. The molecule has 16 nitrogen and oxygen atoms in total. The molecule has 2 aromatic heterocycles. The van der Waals surface area contributed by atoms with Crippen LogP contribution in [0, 0.1) is 5.92 Å². The molecule has 2 N–H and O–H groups in total. The van der Waals surface area contributed by atoms with Crippen LogP contribution in [0.4, 0.5) is 5.82 Å². The lowest BCUT2D eigenvalue weighted by atomic mass is 9.91. The topological polar surface area (TPSA) is 181 Å². The number of nitrogens with zero attached hydrogens (tertiary/aromatic N) is 8. The van der Waals surface area contributed by atoms with Crippen molar-refractivity contribution in [2.75, 3.05) is 69.6 Å². The van der Waals surface area contributed by atoms with Crippen LogP contribution < -0.4 is 15.5 Å². The number of nitrogens with one attached hydrogen (secondary N) is 2. The third kappa shape index (κ3) is 12.0. The summed E-state index contributed by atoms with van der Waals surface area (Å²) in [5.74, 6) is 1.41. The first kappa shape index (κ1) is 46.8. The van der Waals surface area contributed by atoms with Crippen LogP contribution in [0.5, 0.6) is 0 Å². The average Bonchev–Trinajstić information content (AvgIpc) is 3.69. The number of piperazine rings is 1. The van der Waals surface area contributed by atoms with Gasteiger partial charge < -0.3 is 24.9 Å². The van der Waals surface area contributed by atoms with Crippen molar-refractivity contribution in [3.63, 3.8) is 0 Å². The number of benzene rings is 1. The molecule has 1 unspecified atom stereocenters. The van der Waals surface area contributed by atoms with Crippen LogP contribution in [0.1, 0.15) is 109 Å². The van der Waals surface area contributed by atoms with Gasteiger partial charge in [0, 0.05) is 113 Å². The normalized spacial score (nSPS) is 19.9. The van der Waals surface area contributed by atoms with Crippen LogP contribution in [-0.4, -0.2) is 147 Å². The van der Waals surface area contributed by atoms with Crippen molar-refractivity contribution in [1.82, 2.24) is 45.4 Å². The van der Waals surface area contributed by atoms with E-state index in [-0.39, 0.29) is 36.0 Å².